The highest BCUT2D eigenvalue weighted by Crippen LogP contribution is 2.67. The Hall–Kier alpha value is -0.120. The Bertz CT molecular complexity index is 602. The number of benzene rings is 1. The van der Waals surface area contributed by atoms with Gasteiger partial charge in [0.15, 0.2) is 0 Å². The van der Waals surface area contributed by atoms with Gasteiger partial charge in [0, 0.05) is 5.66 Å². The molecule has 2 rings (SSSR count). The van der Waals surface area contributed by atoms with Gasteiger partial charge in [-0.2, -0.15) is 0 Å². The SMILES string of the molecule is COc1c(C)cc(P[C]2[CH][CH][CH][C]2[C@@H](C)P(C(C)(C)C)C(C)(C)C)cc1C. The third-order valence-electron chi connectivity index (χ3n) is 5.08. The summed E-state index contributed by atoms with van der Waals surface area (Å²) in [4.78, 5) is 0. The molecule has 5 radical (unpaired) electrons. The number of hydrogen-bond acceptors (Lipinski definition) is 1. The molecule has 1 saturated carbocycles. The van der Waals surface area contributed by atoms with Crippen LogP contribution in [0.4, 0.5) is 0 Å². The fourth-order valence-electron chi connectivity index (χ4n) is 4.72. The van der Waals surface area contributed by atoms with E-state index in [2.05, 4.69) is 93.7 Å². The summed E-state index contributed by atoms with van der Waals surface area (Å²) < 4.78 is 5.54. The first-order valence-corrected chi connectivity index (χ1v) is 12.2. The minimum Gasteiger partial charge on any atom is -0.496 e. The lowest BCUT2D eigenvalue weighted by atomic mass is 10.0. The molecule has 1 aromatic rings. The molecule has 1 aliphatic carbocycles. The molecule has 0 heterocycles. The van der Waals surface area contributed by atoms with Gasteiger partial charge in [-0.25, -0.2) is 0 Å². The fourth-order valence-corrected chi connectivity index (χ4v) is 11.2. The second-order valence-corrected chi connectivity index (χ2v) is 15.1. The zero-order chi connectivity index (χ0) is 20.6. The molecule has 0 amide bonds. The lowest BCUT2D eigenvalue weighted by molar-refractivity contribution is 0.409. The van der Waals surface area contributed by atoms with Crippen molar-refractivity contribution in [1.29, 1.82) is 0 Å². The summed E-state index contributed by atoms with van der Waals surface area (Å²) >= 11 is 0. The van der Waals surface area contributed by atoms with E-state index >= 15 is 0 Å². The van der Waals surface area contributed by atoms with Crippen LogP contribution in [-0.2, 0) is 0 Å². The Morgan fingerprint density at radius 3 is 1.89 bits per heavy atom. The summed E-state index contributed by atoms with van der Waals surface area (Å²) in [6.45, 7) is 21.3. The molecule has 0 saturated heterocycles. The van der Waals surface area contributed by atoms with E-state index in [0.717, 1.165) is 5.75 Å². The number of aryl methyl sites for hydroxylation is 2. The van der Waals surface area contributed by atoms with Crippen molar-refractivity contribution in [2.75, 3.05) is 7.11 Å². The van der Waals surface area contributed by atoms with E-state index in [1.165, 1.54) is 22.1 Å². The van der Waals surface area contributed by atoms with Crippen LogP contribution in [0.5, 0.6) is 5.75 Å². The topological polar surface area (TPSA) is 9.23 Å². The maximum Gasteiger partial charge on any atom is 0.124 e. The third-order valence-corrected chi connectivity index (χ3v) is 10.3. The first-order chi connectivity index (χ1) is 12.4. The summed E-state index contributed by atoms with van der Waals surface area (Å²) in [5.74, 6) is 2.57. The maximum atomic E-state index is 5.54. The normalized spacial score (nSPS) is 18.8. The van der Waals surface area contributed by atoms with Crippen LogP contribution in [0.15, 0.2) is 12.1 Å². The predicted octanol–water partition coefficient (Wildman–Crippen LogP) is 6.82. The zero-order valence-electron chi connectivity index (χ0n) is 18.8. The van der Waals surface area contributed by atoms with E-state index in [0.29, 0.717) is 24.6 Å². The van der Waals surface area contributed by atoms with Crippen LogP contribution in [0.25, 0.3) is 0 Å². The van der Waals surface area contributed by atoms with Gasteiger partial charge in [-0.05, 0) is 83.6 Å². The average molecular weight is 404 g/mol. The van der Waals surface area contributed by atoms with Gasteiger partial charge in [0.1, 0.15) is 5.75 Å². The highest BCUT2D eigenvalue weighted by molar-refractivity contribution is 7.62. The predicted molar refractivity (Wildman–Crippen MR) is 126 cm³/mol. The van der Waals surface area contributed by atoms with Crippen molar-refractivity contribution >= 4 is 21.8 Å². The number of methoxy groups -OCH3 is 1. The smallest absolute Gasteiger partial charge is 0.124 e. The molecule has 1 aliphatic rings. The molecule has 0 spiro atoms. The van der Waals surface area contributed by atoms with Gasteiger partial charge in [-0.1, -0.05) is 65.0 Å². The molecule has 2 atom stereocenters. The van der Waals surface area contributed by atoms with Gasteiger partial charge in [0.05, 0.1) is 7.11 Å². The van der Waals surface area contributed by atoms with E-state index in [1.54, 1.807) is 13.0 Å². The summed E-state index contributed by atoms with van der Waals surface area (Å²) in [6.07, 6.45) is 6.94. The number of ether oxygens (including phenoxy) is 1. The summed E-state index contributed by atoms with van der Waals surface area (Å²) in [5, 5.41) is 2.07. The fraction of sp³-hybridized carbons (Fsp3) is 0.542. The van der Waals surface area contributed by atoms with Gasteiger partial charge in [-0.15, -0.1) is 0 Å². The van der Waals surface area contributed by atoms with E-state index in [4.69, 9.17) is 4.74 Å². The minimum absolute atomic E-state index is 0.181. The molecule has 0 aromatic heterocycles. The quantitative estimate of drug-likeness (QED) is 0.490. The van der Waals surface area contributed by atoms with Crippen molar-refractivity contribution in [1.82, 2.24) is 0 Å². The molecule has 1 aromatic carbocycles. The number of rotatable bonds is 5. The van der Waals surface area contributed by atoms with Gasteiger partial charge in [0.2, 0.25) is 0 Å². The van der Waals surface area contributed by atoms with Crippen LogP contribution in [0.2, 0.25) is 0 Å². The Kier molecular flexibility index (Phi) is 7.47. The highest BCUT2D eigenvalue weighted by Gasteiger charge is 2.44. The molecular weight excluding hydrogens is 366 g/mol. The summed E-state index contributed by atoms with van der Waals surface area (Å²) in [7, 11) is 2.28. The van der Waals surface area contributed by atoms with Crippen molar-refractivity contribution in [2.24, 2.45) is 0 Å². The van der Waals surface area contributed by atoms with Gasteiger partial charge in [-0.3, -0.25) is 0 Å². The molecular formula is C24H37OP2. The van der Waals surface area contributed by atoms with Gasteiger partial charge >= 0.3 is 0 Å². The van der Waals surface area contributed by atoms with Crippen LogP contribution in [0, 0.1) is 44.7 Å². The first kappa shape index (κ1) is 23.2. The van der Waals surface area contributed by atoms with Gasteiger partial charge < -0.3 is 4.74 Å². The molecule has 3 heteroatoms. The molecule has 0 N–H and O–H groups in total. The Labute approximate surface area is 172 Å². The van der Waals surface area contributed by atoms with Gasteiger partial charge in [0.25, 0.3) is 0 Å². The minimum atomic E-state index is -0.181. The maximum absolute atomic E-state index is 5.54. The standard InChI is InChI=1S/C24H37OP2/c1-16-14-19(15-17(2)22(16)25-10)26-21-13-11-12-20(21)18(3)27(23(4,5)6)24(7,8)9/h11-15,18,26H,1-10H3/t18-/m1/s1. The molecule has 1 fully saturated rings. The summed E-state index contributed by atoms with van der Waals surface area (Å²) in [5.41, 5.74) is 4.56. The van der Waals surface area contributed by atoms with Crippen molar-refractivity contribution in [3.63, 3.8) is 0 Å². The third kappa shape index (κ3) is 5.48. The van der Waals surface area contributed by atoms with Crippen molar-refractivity contribution in [3.05, 3.63) is 54.1 Å². The zero-order valence-corrected chi connectivity index (χ0v) is 20.7. The largest absolute Gasteiger partial charge is 0.496 e. The van der Waals surface area contributed by atoms with Crippen molar-refractivity contribution in [3.8, 4) is 5.75 Å². The van der Waals surface area contributed by atoms with E-state index in [-0.39, 0.29) is 7.92 Å². The van der Waals surface area contributed by atoms with E-state index < -0.39 is 0 Å². The lowest BCUT2D eigenvalue weighted by Gasteiger charge is -2.48. The summed E-state index contributed by atoms with van der Waals surface area (Å²) in [6, 6.07) is 4.59. The molecule has 27 heavy (non-hydrogen) atoms. The lowest BCUT2D eigenvalue weighted by Crippen LogP contribution is -2.33. The molecule has 1 unspecified atom stereocenters. The monoisotopic (exact) mass is 403 g/mol. The molecule has 1 nitrogen and oxygen atoms in total. The van der Waals surface area contributed by atoms with Crippen LogP contribution in [0.3, 0.4) is 0 Å². The Balaban J connectivity index is 2.24. The van der Waals surface area contributed by atoms with E-state index in [9.17, 15) is 0 Å². The van der Waals surface area contributed by atoms with Crippen molar-refractivity contribution in [2.45, 2.75) is 78.3 Å². The second kappa shape index (κ2) is 8.71. The van der Waals surface area contributed by atoms with Crippen LogP contribution < -0.4 is 10.0 Å². The Morgan fingerprint density at radius 2 is 1.44 bits per heavy atom. The first-order valence-electron chi connectivity index (χ1n) is 9.83. The number of hydrogen-bond donors (Lipinski definition) is 0. The van der Waals surface area contributed by atoms with Crippen LogP contribution in [-0.4, -0.2) is 23.1 Å². The molecule has 149 valence electrons. The second-order valence-electron chi connectivity index (χ2n) is 9.55. The Morgan fingerprint density at radius 1 is 0.926 bits per heavy atom. The van der Waals surface area contributed by atoms with Crippen molar-refractivity contribution < 1.29 is 4.74 Å². The van der Waals surface area contributed by atoms with Crippen LogP contribution >= 0.6 is 16.5 Å². The molecule has 0 aliphatic heterocycles. The van der Waals surface area contributed by atoms with E-state index in [1.807, 2.05) is 0 Å². The average Bonchev–Trinajstić information content (AvgIpc) is 2.91. The molecule has 0 bridgehead atoms. The highest BCUT2D eigenvalue weighted by atomic mass is 31.1. The van der Waals surface area contributed by atoms with Crippen LogP contribution in [0.1, 0.15) is 59.6 Å².